The van der Waals surface area contributed by atoms with Gasteiger partial charge in [0.2, 0.25) is 0 Å². The molecule has 0 atom stereocenters. The molecule has 0 spiro atoms. The fraction of sp³-hybridized carbons (Fsp3) is 0.545. The smallest absolute Gasteiger partial charge is 0.324 e. The summed E-state index contributed by atoms with van der Waals surface area (Å²) in [6.45, 7) is 3.44. The highest BCUT2D eigenvalue weighted by molar-refractivity contribution is 6.03. The van der Waals surface area contributed by atoms with Crippen LogP contribution in [0.5, 0.6) is 0 Å². The van der Waals surface area contributed by atoms with Crippen LogP contribution in [-0.2, 0) is 28.6 Å². The van der Waals surface area contributed by atoms with Crippen molar-refractivity contribution in [3.05, 3.63) is 12.7 Å². The Bertz CT molecular complexity index is 304. The average Bonchev–Trinajstić information content (AvgIpc) is 2.35. The molecule has 0 N–H and O–H groups in total. The number of hydrogen-bond acceptors (Lipinski definition) is 6. The minimum atomic E-state index is -1.72. The second-order valence-electron chi connectivity index (χ2n) is 3.31. The summed E-state index contributed by atoms with van der Waals surface area (Å²) in [5.74, 6) is -2.41. The highest BCUT2D eigenvalue weighted by atomic mass is 16.5. The fourth-order valence-corrected chi connectivity index (χ4v) is 1.42. The average molecular weight is 244 g/mol. The van der Waals surface area contributed by atoms with Crippen molar-refractivity contribution in [2.45, 2.75) is 12.8 Å². The van der Waals surface area contributed by atoms with E-state index >= 15 is 0 Å². The molecule has 0 aliphatic rings. The van der Waals surface area contributed by atoms with Gasteiger partial charge >= 0.3 is 17.9 Å². The Morgan fingerprint density at radius 2 is 1.53 bits per heavy atom. The van der Waals surface area contributed by atoms with Crippen molar-refractivity contribution in [1.82, 2.24) is 0 Å². The second-order valence-corrected chi connectivity index (χ2v) is 3.31. The van der Waals surface area contributed by atoms with Gasteiger partial charge in [-0.25, -0.2) is 0 Å². The Morgan fingerprint density at radius 3 is 1.82 bits per heavy atom. The topological polar surface area (TPSA) is 78.9 Å². The Morgan fingerprint density at radius 1 is 1.06 bits per heavy atom. The summed E-state index contributed by atoms with van der Waals surface area (Å²) in [7, 11) is 3.41. The number of carbonyl (C=O) groups excluding carboxylic acids is 3. The summed E-state index contributed by atoms with van der Waals surface area (Å²) in [5, 5.41) is 0. The lowest BCUT2D eigenvalue weighted by Gasteiger charge is -2.25. The Kier molecular flexibility index (Phi) is 5.95. The van der Waals surface area contributed by atoms with Crippen LogP contribution in [0.1, 0.15) is 12.8 Å². The summed E-state index contributed by atoms with van der Waals surface area (Å²) in [4.78, 5) is 34.7. The predicted octanol–water partition coefficient (Wildman–Crippen LogP) is 0.458. The number of carbonyl (C=O) groups is 3. The standard InChI is InChI=1S/C11H16O6/c1-5-6-11(9(13)16-3,10(14)17-4)7-8(12)15-2/h5H,1,6-7H2,2-4H3. The summed E-state index contributed by atoms with van der Waals surface area (Å²) < 4.78 is 13.5. The first kappa shape index (κ1) is 15.2. The highest BCUT2D eigenvalue weighted by Gasteiger charge is 2.49. The zero-order chi connectivity index (χ0) is 13.5. The number of rotatable bonds is 6. The lowest BCUT2D eigenvalue weighted by atomic mass is 9.81. The molecule has 0 saturated carbocycles. The van der Waals surface area contributed by atoms with Crippen molar-refractivity contribution in [1.29, 1.82) is 0 Å². The first-order chi connectivity index (χ1) is 7.98. The third-order valence-electron chi connectivity index (χ3n) is 2.32. The van der Waals surface area contributed by atoms with Crippen molar-refractivity contribution in [3.63, 3.8) is 0 Å². The minimum Gasteiger partial charge on any atom is -0.469 e. The third-order valence-corrected chi connectivity index (χ3v) is 2.32. The normalized spacial score (nSPS) is 10.3. The van der Waals surface area contributed by atoms with E-state index in [1.165, 1.54) is 6.08 Å². The summed E-state index contributed by atoms with van der Waals surface area (Å²) in [5.41, 5.74) is -1.72. The highest BCUT2D eigenvalue weighted by Crippen LogP contribution is 2.31. The van der Waals surface area contributed by atoms with Gasteiger partial charge < -0.3 is 14.2 Å². The van der Waals surface area contributed by atoms with Gasteiger partial charge in [-0.2, -0.15) is 0 Å². The zero-order valence-corrected chi connectivity index (χ0v) is 10.1. The van der Waals surface area contributed by atoms with E-state index < -0.39 is 29.7 Å². The van der Waals surface area contributed by atoms with Crippen molar-refractivity contribution in [2.24, 2.45) is 5.41 Å². The van der Waals surface area contributed by atoms with E-state index in [0.29, 0.717) is 0 Å². The molecule has 96 valence electrons. The van der Waals surface area contributed by atoms with E-state index in [9.17, 15) is 14.4 Å². The molecule has 0 radical (unpaired) electrons. The van der Waals surface area contributed by atoms with E-state index in [1.807, 2.05) is 0 Å². The summed E-state index contributed by atoms with van der Waals surface area (Å²) in [6, 6.07) is 0. The molecule has 0 rings (SSSR count). The molecule has 0 aliphatic carbocycles. The summed E-state index contributed by atoms with van der Waals surface area (Å²) in [6.07, 6.45) is 0.826. The van der Waals surface area contributed by atoms with Gasteiger partial charge in [-0.15, -0.1) is 6.58 Å². The Hall–Kier alpha value is -1.85. The van der Waals surface area contributed by atoms with E-state index in [0.717, 1.165) is 21.3 Å². The van der Waals surface area contributed by atoms with E-state index in [1.54, 1.807) is 0 Å². The molecule has 6 heteroatoms. The number of allylic oxidation sites excluding steroid dienone is 1. The van der Waals surface area contributed by atoms with Crippen molar-refractivity contribution in [3.8, 4) is 0 Å². The SMILES string of the molecule is C=CCC(CC(=O)OC)(C(=O)OC)C(=O)OC. The second kappa shape index (κ2) is 6.67. The minimum absolute atomic E-state index is 0.0680. The first-order valence-electron chi connectivity index (χ1n) is 4.83. The quantitative estimate of drug-likeness (QED) is 0.292. The maximum absolute atomic E-state index is 11.7. The molecular formula is C11H16O6. The molecule has 0 aromatic rings. The maximum Gasteiger partial charge on any atom is 0.324 e. The monoisotopic (exact) mass is 244 g/mol. The van der Waals surface area contributed by atoms with Gasteiger partial charge in [-0.05, 0) is 6.42 Å². The lowest BCUT2D eigenvalue weighted by molar-refractivity contribution is -0.173. The molecule has 0 aromatic heterocycles. The molecule has 0 fully saturated rings. The molecule has 0 bridgehead atoms. The van der Waals surface area contributed by atoms with Gasteiger partial charge in [0.15, 0.2) is 5.41 Å². The summed E-state index contributed by atoms with van der Waals surface area (Å²) >= 11 is 0. The van der Waals surface area contributed by atoms with Crippen molar-refractivity contribution in [2.75, 3.05) is 21.3 Å². The molecule has 0 unspecified atom stereocenters. The van der Waals surface area contributed by atoms with Gasteiger partial charge in [0.25, 0.3) is 0 Å². The van der Waals surface area contributed by atoms with Crippen LogP contribution in [0.15, 0.2) is 12.7 Å². The lowest BCUT2D eigenvalue weighted by Crippen LogP contribution is -2.43. The van der Waals surface area contributed by atoms with Crippen LogP contribution < -0.4 is 0 Å². The number of esters is 3. The third kappa shape index (κ3) is 3.30. The van der Waals surface area contributed by atoms with Gasteiger partial charge in [-0.3, -0.25) is 14.4 Å². The van der Waals surface area contributed by atoms with E-state index in [2.05, 4.69) is 20.8 Å². The van der Waals surface area contributed by atoms with Crippen LogP contribution in [0.3, 0.4) is 0 Å². The number of hydrogen-bond donors (Lipinski definition) is 0. The van der Waals surface area contributed by atoms with Gasteiger partial charge in [-0.1, -0.05) is 6.08 Å². The van der Waals surface area contributed by atoms with Crippen LogP contribution >= 0.6 is 0 Å². The molecule has 0 heterocycles. The van der Waals surface area contributed by atoms with E-state index in [4.69, 9.17) is 0 Å². The van der Waals surface area contributed by atoms with Gasteiger partial charge in [0.1, 0.15) is 0 Å². The Balaban J connectivity index is 5.37. The van der Waals surface area contributed by atoms with Crippen molar-refractivity contribution < 1.29 is 28.6 Å². The zero-order valence-electron chi connectivity index (χ0n) is 10.1. The molecular weight excluding hydrogens is 228 g/mol. The number of methoxy groups -OCH3 is 3. The van der Waals surface area contributed by atoms with Crippen LogP contribution in [0.25, 0.3) is 0 Å². The maximum atomic E-state index is 11.7. The van der Waals surface area contributed by atoms with Crippen LogP contribution in [0, 0.1) is 5.41 Å². The van der Waals surface area contributed by atoms with E-state index in [-0.39, 0.29) is 6.42 Å². The van der Waals surface area contributed by atoms with Crippen LogP contribution in [0.4, 0.5) is 0 Å². The molecule has 17 heavy (non-hydrogen) atoms. The molecule has 0 amide bonds. The van der Waals surface area contributed by atoms with Gasteiger partial charge in [0, 0.05) is 0 Å². The molecule has 0 aromatic carbocycles. The van der Waals surface area contributed by atoms with Crippen LogP contribution in [-0.4, -0.2) is 39.2 Å². The van der Waals surface area contributed by atoms with Gasteiger partial charge in [0.05, 0.1) is 27.8 Å². The largest absolute Gasteiger partial charge is 0.469 e. The fourth-order valence-electron chi connectivity index (χ4n) is 1.42. The Labute approximate surface area is 99.5 Å². The number of ether oxygens (including phenoxy) is 3. The van der Waals surface area contributed by atoms with Crippen LogP contribution in [0.2, 0.25) is 0 Å². The predicted molar refractivity (Wildman–Crippen MR) is 57.9 cm³/mol. The molecule has 0 saturated heterocycles. The first-order valence-corrected chi connectivity index (χ1v) is 4.83. The molecule has 6 nitrogen and oxygen atoms in total. The molecule has 0 aliphatic heterocycles. The van der Waals surface area contributed by atoms with Crippen molar-refractivity contribution >= 4 is 17.9 Å².